The number of imidazole rings is 1. The fourth-order valence-electron chi connectivity index (χ4n) is 5.20. The van der Waals surface area contributed by atoms with Gasteiger partial charge in [0.05, 0.1) is 11.4 Å². The molecule has 0 bridgehead atoms. The summed E-state index contributed by atoms with van der Waals surface area (Å²) in [5.74, 6) is -1.10. The second-order valence-corrected chi connectivity index (χ2v) is 10.2. The van der Waals surface area contributed by atoms with Crippen LogP contribution in [0.2, 0.25) is 0 Å². The quantitative estimate of drug-likeness (QED) is 0.238. The van der Waals surface area contributed by atoms with E-state index in [1.54, 1.807) is 24.3 Å². The number of pyridine rings is 1. The number of aryl methyl sites for hydroxylation is 1. The smallest absolute Gasteiger partial charge is 0.422 e. The predicted molar refractivity (Wildman–Crippen MR) is 156 cm³/mol. The zero-order valence-corrected chi connectivity index (χ0v) is 24.3. The number of fused-ring (bicyclic) bond motifs is 1. The fourth-order valence-corrected chi connectivity index (χ4v) is 5.20. The Morgan fingerprint density at radius 1 is 1.07 bits per heavy atom. The summed E-state index contributed by atoms with van der Waals surface area (Å²) in [6.45, 7) is 4.28. The molecule has 5 rings (SSSR count). The fraction of sp³-hybridized carbons (Fsp3) is 0.333. The van der Waals surface area contributed by atoms with Gasteiger partial charge in [-0.15, -0.1) is 12.4 Å². The van der Waals surface area contributed by atoms with Crippen LogP contribution in [0.15, 0.2) is 60.8 Å². The van der Waals surface area contributed by atoms with Gasteiger partial charge in [-0.3, -0.25) is 9.20 Å². The van der Waals surface area contributed by atoms with Crippen LogP contribution in [0.1, 0.15) is 35.6 Å². The number of nitrogens with one attached hydrogen (secondary N) is 1. The van der Waals surface area contributed by atoms with Gasteiger partial charge in [0.15, 0.2) is 6.61 Å². The molecule has 4 aromatic rings. The molecule has 0 spiro atoms. The molecule has 1 fully saturated rings. The third-order valence-electron chi connectivity index (χ3n) is 7.21. The average molecular weight is 624 g/mol. The van der Waals surface area contributed by atoms with Gasteiger partial charge in [-0.25, -0.2) is 13.8 Å². The molecule has 1 N–H and O–H groups in total. The number of benzene rings is 2. The van der Waals surface area contributed by atoms with E-state index in [-0.39, 0.29) is 36.7 Å². The Bertz CT molecular complexity index is 1580. The van der Waals surface area contributed by atoms with Gasteiger partial charge in [-0.2, -0.15) is 13.2 Å². The molecule has 43 heavy (non-hydrogen) atoms. The van der Waals surface area contributed by atoms with E-state index in [1.807, 2.05) is 18.7 Å². The largest absolute Gasteiger partial charge is 0.484 e. The van der Waals surface area contributed by atoms with Gasteiger partial charge in [0, 0.05) is 50.2 Å². The molecule has 1 atom stereocenters. The molecule has 0 unspecified atom stereocenters. The summed E-state index contributed by atoms with van der Waals surface area (Å²) >= 11 is 0. The summed E-state index contributed by atoms with van der Waals surface area (Å²) in [5.41, 5.74) is 3.08. The van der Waals surface area contributed by atoms with Gasteiger partial charge >= 0.3 is 6.18 Å². The van der Waals surface area contributed by atoms with Crippen molar-refractivity contribution < 1.29 is 31.5 Å². The second-order valence-electron chi connectivity index (χ2n) is 10.2. The highest BCUT2D eigenvalue weighted by atomic mass is 35.5. The number of carbonyl (C=O) groups excluding carboxylic acids is 1. The first kappa shape index (κ1) is 31.9. The molecule has 0 radical (unpaired) electrons. The number of ether oxygens (including phenoxy) is 1. The van der Waals surface area contributed by atoms with Crippen LogP contribution in [-0.4, -0.2) is 53.8 Å². The van der Waals surface area contributed by atoms with E-state index in [0.29, 0.717) is 54.3 Å². The zero-order chi connectivity index (χ0) is 30.0. The first-order chi connectivity index (χ1) is 20.0. The predicted octanol–water partition coefficient (Wildman–Crippen LogP) is 6.18. The van der Waals surface area contributed by atoms with E-state index >= 15 is 4.39 Å². The summed E-state index contributed by atoms with van der Waals surface area (Å²) in [5, 5.41) is 2.81. The van der Waals surface area contributed by atoms with Crippen LogP contribution in [-0.2, 0) is 13.0 Å². The third kappa shape index (κ3) is 7.30. The molecule has 230 valence electrons. The van der Waals surface area contributed by atoms with Gasteiger partial charge in [0.1, 0.15) is 28.7 Å². The Morgan fingerprint density at radius 3 is 2.47 bits per heavy atom. The maximum Gasteiger partial charge on any atom is 0.422 e. The molecule has 2 aromatic carbocycles. The monoisotopic (exact) mass is 623 g/mol. The Kier molecular flexibility index (Phi) is 9.69. The number of anilines is 2. The zero-order valence-electron chi connectivity index (χ0n) is 23.5. The summed E-state index contributed by atoms with van der Waals surface area (Å²) < 4.78 is 72.4. The van der Waals surface area contributed by atoms with Crippen LogP contribution >= 0.6 is 12.4 Å². The van der Waals surface area contributed by atoms with Crippen molar-refractivity contribution in [3.05, 3.63) is 89.4 Å². The molecule has 1 aliphatic rings. The lowest BCUT2D eigenvalue weighted by atomic mass is 10.1. The van der Waals surface area contributed by atoms with Crippen LogP contribution in [0.4, 0.5) is 33.3 Å². The van der Waals surface area contributed by atoms with Crippen molar-refractivity contribution in [1.82, 2.24) is 14.7 Å². The van der Waals surface area contributed by atoms with Crippen molar-refractivity contribution in [2.45, 2.75) is 39.0 Å². The highest BCUT2D eigenvalue weighted by Gasteiger charge is 2.29. The maximum atomic E-state index is 15.2. The van der Waals surface area contributed by atoms with Crippen molar-refractivity contribution in [2.24, 2.45) is 0 Å². The molecule has 7 nitrogen and oxygen atoms in total. The molecule has 1 saturated heterocycles. The second kappa shape index (κ2) is 13.1. The average Bonchev–Trinajstić information content (AvgIpc) is 3.32. The number of amides is 1. The number of hydrogen-bond donors (Lipinski definition) is 1. The number of halogens is 6. The molecule has 1 amide bonds. The van der Waals surface area contributed by atoms with Gasteiger partial charge in [0.2, 0.25) is 0 Å². The summed E-state index contributed by atoms with van der Waals surface area (Å²) in [6, 6.07) is 13.8. The Hall–Kier alpha value is -4.06. The highest BCUT2D eigenvalue weighted by Crippen LogP contribution is 2.28. The lowest BCUT2D eigenvalue weighted by molar-refractivity contribution is -0.153. The van der Waals surface area contributed by atoms with Crippen LogP contribution in [0.5, 0.6) is 5.75 Å². The number of alkyl halides is 3. The van der Waals surface area contributed by atoms with Crippen LogP contribution in [0.3, 0.4) is 0 Å². The molecule has 1 aliphatic heterocycles. The standard InChI is InChI=1S/C30H30F5N5O2.ClH/c1-3-25-28(40-11-10-21(31)15-27(40)37-25)29(41)36-16-20-4-9-26(24(32)14-20)38-12-13-39(19(2)17-38)22-5-7-23(8-6-22)42-18-30(33,34)35;/h4-11,14-15,19H,3,12-13,16-18H2,1-2H3,(H,36,41);1H/t19-;/m0./s1. The Morgan fingerprint density at radius 2 is 1.81 bits per heavy atom. The summed E-state index contributed by atoms with van der Waals surface area (Å²) in [4.78, 5) is 21.4. The number of hydrogen-bond acceptors (Lipinski definition) is 5. The van der Waals surface area contributed by atoms with Crippen molar-refractivity contribution in [3.8, 4) is 5.75 Å². The highest BCUT2D eigenvalue weighted by molar-refractivity contribution is 5.94. The van der Waals surface area contributed by atoms with E-state index in [9.17, 15) is 22.4 Å². The molecular formula is C30H31ClF5N5O2. The van der Waals surface area contributed by atoms with E-state index in [1.165, 1.54) is 40.9 Å². The van der Waals surface area contributed by atoms with E-state index < -0.39 is 24.4 Å². The van der Waals surface area contributed by atoms with Gasteiger partial charge < -0.3 is 19.9 Å². The Labute approximate surface area is 251 Å². The number of nitrogens with zero attached hydrogens (tertiary/aromatic N) is 4. The first-order valence-electron chi connectivity index (χ1n) is 13.6. The number of carbonyl (C=O) groups is 1. The van der Waals surface area contributed by atoms with Gasteiger partial charge in [0.25, 0.3) is 5.91 Å². The van der Waals surface area contributed by atoms with Crippen molar-refractivity contribution in [3.63, 3.8) is 0 Å². The maximum absolute atomic E-state index is 15.2. The van der Waals surface area contributed by atoms with Crippen LogP contribution in [0, 0.1) is 11.6 Å². The lowest BCUT2D eigenvalue weighted by Crippen LogP contribution is -2.52. The number of piperazine rings is 1. The molecule has 0 aliphatic carbocycles. The van der Waals surface area contributed by atoms with Gasteiger partial charge in [-0.05, 0) is 61.4 Å². The molecule has 3 heterocycles. The van der Waals surface area contributed by atoms with Crippen molar-refractivity contribution in [1.29, 1.82) is 0 Å². The van der Waals surface area contributed by atoms with Crippen LogP contribution < -0.4 is 19.9 Å². The third-order valence-corrected chi connectivity index (χ3v) is 7.21. The minimum Gasteiger partial charge on any atom is -0.484 e. The SMILES string of the molecule is CCc1nc2cc(F)ccn2c1C(=O)NCc1ccc(N2CCN(c3ccc(OCC(F)(F)F)cc3)[C@@H](C)C2)c(F)c1.Cl. The minimum absolute atomic E-state index is 0. The van der Waals surface area contributed by atoms with E-state index in [0.717, 1.165) is 5.69 Å². The summed E-state index contributed by atoms with van der Waals surface area (Å²) in [6.07, 6.45) is -2.45. The van der Waals surface area contributed by atoms with E-state index in [2.05, 4.69) is 15.2 Å². The molecule has 2 aromatic heterocycles. The minimum atomic E-state index is -4.40. The normalized spacial score (nSPS) is 15.4. The van der Waals surface area contributed by atoms with Gasteiger partial charge in [-0.1, -0.05) is 13.0 Å². The number of aromatic nitrogens is 2. The first-order valence-corrected chi connectivity index (χ1v) is 13.6. The van der Waals surface area contributed by atoms with Crippen LogP contribution in [0.25, 0.3) is 5.65 Å². The topological polar surface area (TPSA) is 62.1 Å². The van der Waals surface area contributed by atoms with Crippen molar-refractivity contribution in [2.75, 3.05) is 36.0 Å². The molecule has 13 heteroatoms. The van der Waals surface area contributed by atoms with E-state index in [4.69, 9.17) is 4.74 Å². The summed E-state index contributed by atoms with van der Waals surface area (Å²) in [7, 11) is 0. The molecular weight excluding hydrogens is 593 g/mol. The Balaban J connectivity index is 0.00000423. The lowest BCUT2D eigenvalue weighted by Gasteiger charge is -2.42. The van der Waals surface area contributed by atoms with Crippen molar-refractivity contribution >= 4 is 35.3 Å². The number of rotatable bonds is 8. The molecule has 0 saturated carbocycles.